The Bertz CT molecular complexity index is 640. The van der Waals surface area contributed by atoms with Crippen LogP contribution in [0.5, 0.6) is 0 Å². The molecule has 1 aromatic heterocycles. The number of Topliss-reactive ketones (excluding diaryl/α,β-unsaturated/α-hetero) is 1. The number of hydrogen-bond acceptors (Lipinski definition) is 3. The Hall–Kier alpha value is -2.23. The summed E-state index contributed by atoms with van der Waals surface area (Å²) in [7, 11) is 1.80. The lowest BCUT2D eigenvalue weighted by atomic mass is 10.1. The van der Waals surface area contributed by atoms with E-state index >= 15 is 0 Å². The molecule has 2 rings (SSSR count). The van der Waals surface area contributed by atoms with E-state index in [1.54, 1.807) is 24.1 Å². The Morgan fingerprint density at radius 1 is 1.30 bits per heavy atom. The highest BCUT2D eigenvalue weighted by Gasteiger charge is 2.11. The highest BCUT2D eigenvalue weighted by atomic mass is 19.1. The molecule has 0 N–H and O–H groups in total. The number of aryl methyl sites for hydroxylation is 1. The lowest BCUT2D eigenvalue weighted by Gasteiger charge is -2.20. The maximum Gasteiger partial charge on any atom is 0.159 e. The van der Waals surface area contributed by atoms with Crippen molar-refractivity contribution in [3.05, 3.63) is 59.2 Å². The summed E-state index contributed by atoms with van der Waals surface area (Å²) in [6.07, 6.45) is 0. The molecule has 104 valence electrons. The van der Waals surface area contributed by atoms with Gasteiger partial charge in [-0.2, -0.15) is 0 Å². The molecular formula is C16H17FN2O. The van der Waals surface area contributed by atoms with Crippen LogP contribution in [0.25, 0.3) is 0 Å². The van der Waals surface area contributed by atoms with Crippen molar-refractivity contribution in [1.82, 2.24) is 4.98 Å². The van der Waals surface area contributed by atoms with Crippen molar-refractivity contribution in [3.8, 4) is 0 Å². The Labute approximate surface area is 118 Å². The number of anilines is 1. The number of pyridine rings is 1. The number of benzene rings is 1. The molecule has 0 bridgehead atoms. The van der Waals surface area contributed by atoms with Gasteiger partial charge in [-0.15, -0.1) is 0 Å². The smallest absolute Gasteiger partial charge is 0.159 e. The zero-order valence-corrected chi connectivity index (χ0v) is 11.9. The minimum atomic E-state index is -0.396. The standard InChI is InChI=1S/C16H17FN2O/c1-11-5-4-6-14(18-11)10-19(3)16-8-7-13(12(2)20)9-15(16)17/h4-9H,10H2,1-3H3. The van der Waals surface area contributed by atoms with Gasteiger partial charge in [0.25, 0.3) is 0 Å². The van der Waals surface area contributed by atoms with Gasteiger partial charge in [0.2, 0.25) is 0 Å². The Morgan fingerprint density at radius 2 is 2.05 bits per heavy atom. The van der Waals surface area contributed by atoms with Crippen LogP contribution in [-0.2, 0) is 6.54 Å². The third-order valence-electron chi connectivity index (χ3n) is 3.11. The van der Waals surface area contributed by atoms with E-state index in [0.717, 1.165) is 11.4 Å². The maximum atomic E-state index is 14.0. The highest BCUT2D eigenvalue weighted by molar-refractivity contribution is 5.94. The van der Waals surface area contributed by atoms with Crippen molar-refractivity contribution in [2.24, 2.45) is 0 Å². The van der Waals surface area contributed by atoms with E-state index < -0.39 is 5.82 Å². The third-order valence-corrected chi connectivity index (χ3v) is 3.11. The van der Waals surface area contributed by atoms with Crippen LogP contribution < -0.4 is 4.90 Å². The predicted octanol–water partition coefficient (Wildman–Crippen LogP) is 3.37. The zero-order valence-electron chi connectivity index (χ0n) is 11.9. The van der Waals surface area contributed by atoms with Gasteiger partial charge in [0.1, 0.15) is 5.82 Å². The average Bonchev–Trinajstić information content (AvgIpc) is 2.38. The van der Waals surface area contributed by atoms with Crippen molar-refractivity contribution >= 4 is 11.5 Å². The van der Waals surface area contributed by atoms with E-state index in [0.29, 0.717) is 17.8 Å². The quantitative estimate of drug-likeness (QED) is 0.800. The SMILES string of the molecule is CC(=O)c1ccc(N(C)Cc2cccc(C)n2)c(F)c1. The number of carbonyl (C=O) groups is 1. The van der Waals surface area contributed by atoms with E-state index in [1.165, 1.54) is 13.0 Å². The molecule has 0 aliphatic rings. The van der Waals surface area contributed by atoms with E-state index in [9.17, 15) is 9.18 Å². The predicted molar refractivity (Wildman–Crippen MR) is 77.5 cm³/mol. The molecule has 0 fully saturated rings. The van der Waals surface area contributed by atoms with E-state index in [1.807, 2.05) is 25.1 Å². The first-order valence-corrected chi connectivity index (χ1v) is 6.41. The second-order valence-corrected chi connectivity index (χ2v) is 4.85. The second kappa shape index (κ2) is 5.82. The molecule has 0 unspecified atom stereocenters. The van der Waals surface area contributed by atoms with Crippen LogP contribution in [0.3, 0.4) is 0 Å². The van der Waals surface area contributed by atoms with E-state index in [4.69, 9.17) is 0 Å². The first-order chi connectivity index (χ1) is 9.47. The number of hydrogen-bond donors (Lipinski definition) is 0. The minimum absolute atomic E-state index is 0.140. The Kier molecular flexibility index (Phi) is 4.13. The van der Waals surface area contributed by atoms with Crippen LogP contribution in [0.1, 0.15) is 28.7 Å². The van der Waals surface area contributed by atoms with Crippen molar-refractivity contribution < 1.29 is 9.18 Å². The molecular weight excluding hydrogens is 255 g/mol. The first-order valence-electron chi connectivity index (χ1n) is 6.41. The summed E-state index contributed by atoms with van der Waals surface area (Å²) >= 11 is 0. The molecule has 1 heterocycles. The molecule has 2 aromatic rings. The van der Waals surface area contributed by atoms with Gasteiger partial charge in [0, 0.05) is 18.3 Å². The molecule has 4 heteroatoms. The summed E-state index contributed by atoms with van der Waals surface area (Å²) < 4.78 is 14.0. The number of nitrogens with zero attached hydrogens (tertiary/aromatic N) is 2. The molecule has 0 saturated carbocycles. The van der Waals surface area contributed by atoms with Gasteiger partial charge >= 0.3 is 0 Å². The minimum Gasteiger partial charge on any atom is -0.366 e. The molecule has 0 aliphatic carbocycles. The number of aromatic nitrogens is 1. The monoisotopic (exact) mass is 272 g/mol. The summed E-state index contributed by atoms with van der Waals surface area (Å²) in [5.41, 5.74) is 2.65. The van der Waals surface area contributed by atoms with Crippen LogP contribution in [0.4, 0.5) is 10.1 Å². The van der Waals surface area contributed by atoms with Gasteiger partial charge in [-0.3, -0.25) is 9.78 Å². The zero-order chi connectivity index (χ0) is 14.7. The van der Waals surface area contributed by atoms with Gasteiger partial charge in [-0.05, 0) is 44.2 Å². The molecule has 1 aromatic carbocycles. The fourth-order valence-corrected chi connectivity index (χ4v) is 2.05. The van der Waals surface area contributed by atoms with Gasteiger partial charge in [-0.25, -0.2) is 4.39 Å². The van der Waals surface area contributed by atoms with Gasteiger partial charge in [0.15, 0.2) is 5.78 Å². The van der Waals surface area contributed by atoms with E-state index in [-0.39, 0.29) is 5.78 Å². The topological polar surface area (TPSA) is 33.2 Å². The van der Waals surface area contributed by atoms with Crippen LogP contribution in [0.2, 0.25) is 0 Å². The fourth-order valence-electron chi connectivity index (χ4n) is 2.05. The van der Waals surface area contributed by atoms with Crippen molar-refractivity contribution in [2.45, 2.75) is 20.4 Å². The molecule has 0 aliphatic heterocycles. The van der Waals surface area contributed by atoms with Crippen LogP contribution in [0, 0.1) is 12.7 Å². The number of carbonyl (C=O) groups excluding carboxylic acids is 1. The lowest BCUT2D eigenvalue weighted by Crippen LogP contribution is -2.18. The summed E-state index contributed by atoms with van der Waals surface area (Å²) in [6, 6.07) is 10.3. The Balaban J connectivity index is 2.21. The fraction of sp³-hybridized carbons (Fsp3) is 0.250. The van der Waals surface area contributed by atoms with Crippen molar-refractivity contribution in [1.29, 1.82) is 0 Å². The van der Waals surface area contributed by atoms with Crippen LogP contribution in [0.15, 0.2) is 36.4 Å². The number of ketones is 1. The van der Waals surface area contributed by atoms with Crippen molar-refractivity contribution in [3.63, 3.8) is 0 Å². The Morgan fingerprint density at radius 3 is 2.65 bits per heavy atom. The van der Waals surface area contributed by atoms with Gasteiger partial charge < -0.3 is 4.90 Å². The average molecular weight is 272 g/mol. The molecule has 20 heavy (non-hydrogen) atoms. The largest absolute Gasteiger partial charge is 0.366 e. The lowest BCUT2D eigenvalue weighted by molar-refractivity contribution is 0.101. The highest BCUT2D eigenvalue weighted by Crippen LogP contribution is 2.21. The molecule has 0 saturated heterocycles. The number of halogens is 1. The molecule has 0 atom stereocenters. The van der Waals surface area contributed by atoms with Crippen LogP contribution >= 0.6 is 0 Å². The molecule has 0 amide bonds. The summed E-state index contributed by atoms with van der Waals surface area (Å²) in [5.74, 6) is -0.536. The van der Waals surface area contributed by atoms with Gasteiger partial charge in [-0.1, -0.05) is 6.07 Å². The summed E-state index contributed by atoms with van der Waals surface area (Å²) in [6.45, 7) is 3.86. The third kappa shape index (κ3) is 3.20. The van der Waals surface area contributed by atoms with E-state index in [2.05, 4.69) is 4.98 Å². The molecule has 0 spiro atoms. The normalized spacial score (nSPS) is 10.4. The summed E-state index contributed by atoms with van der Waals surface area (Å²) in [4.78, 5) is 17.4. The first kappa shape index (κ1) is 14.2. The molecule has 3 nitrogen and oxygen atoms in total. The maximum absolute atomic E-state index is 14.0. The number of rotatable bonds is 4. The second-order valence-electron chi connectivity index (χ2n) is 4.85. The van der Waals surface area contributed by atoms with Crippen LogP contribution in [-0.4, -0.2) is 17.8 Å². The molecule has 0 radical (unpaired) electrons. The van der Waals surface area contributed by atoms with Gasteiger partial charge in [0.05, 0.1) is 17.9 Å². The van der Waals surface area contributed by atoms with Crippen molar-refractivity contribution in [2.75, 3.05) is 11.9 Å². The summed E-state index contributed by atoms with van der Waals surface area (Å²) in [5, 5.41) is 0.